The standard InChI is InChI=1S/C16H18N2O2/c17-11-10-14-8-4-5-9-15(14)16(19)18-20-12-13-6-2-1-3-7-13/h1-9H,10-12,17H2,(H,18,19). The largest absolute Gasteiger partial charge is 0.330 e. The van der Waals surface area contributed by atoms with Crippen molar-refractivity contribution in [1.82, 2.24) is 5.48 Å². The number of carbonyl (C=O) groups excluding carboxylic acids is 1. The zero-order chi connectivity index (χ0) is 14.2. The molecule has 3 N–H and O–H groups in total. The van der Waals surface area contributed by atoms with Crippen LogP contribution in [-0.2, 0) is 17.9 Å². The van der Waals surface area contributed by atoms with Crippen LogP contribution in [-0.4, -0.2) is 12.5 Å². The van der Waals surface area contributed by atoms with Crippen LogP contribution in [0.1, 0.15) is 21.5 Å². The molecule has 0 heterocycles. The van der Waals surface area contributed by atoms with Gasteiger partial charge in [-0.1, -0.05) is 48.5 Å². The smallest absolute Gasteiger partial charge is 0.275 e. The summed E-state index contributed by atoms with van der Waals surface area (Å²) < 4.78 is 0. The minimum Gasteiger partial charge on any atom is -0.330 e. The molecule has 0 radical (unpaired) electrons. The first kappa shape index (κ1) is 14.2. The van der Waals surface area contributed by atoms with E-state index in [9.17, 15) is 4.79 Å². The van der Waals surface area contributed by atoms with E-state index >= 15 is 0 Å². The van der Waals surface area contributed by atoms with Crippen molar-refractivity contribution in [2.75, 3.05) is 6.54 Å². The summed E-state index contributed by atoms with van der Waals surface area (Å²) in [6.45, 7) is 0.848. The fourth-order valence-corrected chi connectivity index (χ4v) is 1.93. The van der Waals surface area contributed by atoms with E-state index in [1.165, 1.54) is 0 Å². The molecule has 0 saturated heterocycles. The Hall–Kier alpha value is -2.17. The molecular formula is C16H18N2O2. The van der Waals surface area contributed by atoms with Gasteiger partial charge in [-0.15, -0.1) is 0 Å². The number of nitrogens with one attached hydrogen (secondary N) is 1. The zero-order valence-electron chi connectivity index (χ0n) is 11.2. The fraction of sp³-hybridized carbons (Fsp3) is 0.188. The SMILES string of the molecule is NCCc1ccccc1C(=O)NOCc1ccccc1. The van der Waals surface area contributed by atoms with Crippen LogP contribution in [0.3, 0.4) is 0 Å². The molecule has 2 aromatic rings. The number of hydrogen-bond donors (Lipinski definition) is 2. The van der Waals surface area contributed by atoms with Gasteiger partial charge in [0.25, 0.3) is 5.91 Å². The van der Waals surface area contributed by atoms with Crippen LogP contribution in [0.2, 0.25) is 0 Å². The first-order valence-corrected chi connectivity index (χ1v) is 6.55. The highest BCUT2D eigenvalue weighted by molar-refractivity contribution is 5.94. The number of benzene rings is 2. The Bertz CT molecular complexity index is 555. The Morgan fingerprint density at radius 2 is 1.75 bits per heavy atom. The third-order valence-electron chi connectivity index (χ3n) is 2.92. The van der Waals surface area contributed by atoms with Gasteiger partial charge in [0.2, 0.25) is 0 Å². The Balaban J connectivity index is 1.92. The van der Waals surface area contributed by atoms with Crippen molar-refractivity contribution in [3.8, 4) is 0 Å². The Morgan fingerprint density at radius 3 is 2.50 bits per heavy atom. The lowest BCUT2D eigenvalue weighted by Gasteiger charge is -2.09. The molecule has 4 nitrogen and oxygen atoms in total. The van der Waals surface area contributed by atoms with Gasteiger partial charge in [0, 0.05) is 5.56 Å². The van der Waals surface area contributed by atoms with Gasteiger partial charge < -0.3 is 5.73 Å². The second-order valence-electron chi connectivity index (χ2n) is 4.40. The van der Waals surface area contributed by atoms with Crippen LogP contribution in [0.5, 0.6) is 0 Å². The molecule has 0 aromatic heterocycles. The van der Waals surface area contributed by atoms with E-state index in [0.29, 0.717) is 25.1 Å². The molecule has 4 heteroatoms. The fourth-order valence-electron chi connectivity index (χ4n) is 1.93. The van der Waals surface area contributed by atoms with E-state index in [2.05, 4.69) is 5.48 Å². The zero-order valence-corrected chi connectivity index (χ0v) is 11.2. The van der Waals surface area contributed by atoms with Gasteiger partial charge >= 0.3 is 0 Å². The van der Waals surface area contributed by atoms with Gasteiger partial charge in [0.15, 0.2) is 0 Å². The van der Waals surface area contributed by atoms with E-state index in [-0.39, 0.29) is 5.91 Å². The highest BCUT2D eigenvalue weighted by atomic mass is 16.6. The molecule has 0 bridgehead atoms. The molecule has 2 aromatic carbocycles. The monoisotopic (exact) mass is 270 g/mol. The molecule has 0 fully saturated rings. The van der Waals surface area contributed by atoms with Crippen LogP contribution >= 0.6 is 0 Å². The highest BCUT2D eigenvalue weighted by Crippen LogP contribution is 2.09. The molecule has 0 aliphatic carbocycles. The van der Waals surface area contributed by atoms with E-state index in [4.69, 9.17) is 10.6 Å². The second-order valence-corrected chi connectivity index (χ2v) is 4.40. The number of carbonyl (C=O) groups is 1. The van der Waals surface area contributed by atoms with Crippen molar-refractivity contribution in [1.29, 1.82) is 0 Å². The van der Waals surface area contributed by atoms with Gasteiger partial charge in [-0.2, -0.15) is 0 Å². The number of hydroxylamine groups is 1. The summed E-state index contributed by atoms with van der Waals surface area (Å²) in [4.78, 5) is 17.3. The topological polar surface area (TPSA) is 64.4 Å². The van der Waals surface area contributed by atoms with Crippen molar-refractivity contribution in [3.05, 3.63) is 71.3 Å². The van der Waals surface area contributed by atoms with Gasteiger partial charge in [-0.25, -0.2) is 5.48 Å². The molecule has 2 rings (SSSR count). The van der Waals surface area contributed by atoms with E-state index in [0.717, 1.165) is 11.1 Å². The first-order valence-electron chi connectivity index (χ1n) is 6.55. The first-order chi connectivity index (χ1) is 9.81. The lowest BCUT2D eigenvalue weighted by atomic mass is 10.0. The molecule has 104 valence electrons. The number of hydrogen-bond acceptors (Lipinski definition) is 3. The lowest BCUT2D eigenvalue weighted by molar-refractivity contribution is 0.0233. The average molecular weight is 270 g/mol. The number of rotatable bonds is 6. The summed E-state index contributed by atoms with van der Waals surface area (Å²) in [6.07, 6.45) is 0.669. The predicted octanol–water partition coefficient (Wildman–Crippen LogP) is 2.05. The number of nitrogens with two attached hydrogens (primary N) is 1. The second kappa shape index (κ2) is 7.43. The van der Waals surface area contributed by atoms with E-state index in [1.807, 2.05) is 48.5 Å². The summed E-state index contributed by atoms with van der Waals surface area (Å²) in [5, 5.41) is 0. The van der Waals surface area contributed by atoms with Crippen LogP contribution in [0.15, 0.2) is 54.6 Å². The van der Waals surface area contributed by atoms with Crippen molar-refractivity contribution < 1.29 is 9.63 Å². The predicted molar refractivity (Wildman–Crippen MR) is 77.9 cm³/mol. The molecule has 0 saturated carbocycles. The van der Waals surface area contributed by atoms with Crippen molar-refractivity contribution in [2.24, 2.45) is 5.73 Å². The van der Waals surface area contributed by atoms with Crippen molar-refractivity contribution >= 4 is 5.91 Å². The summed E-state index contributed by atoms with van der Waals surface area (Å²) in [6, 6.07) is 17.1. The van der Waals surface area contributed by atoms with E-state index in [1.54, 1.807) is 6.07 Å². The van der Waals surface area contributed by atoms with Gasteiger partial charge in [-0.3, -0.25) is 9.63 Å². The van der Waals surface area contributed by atoms with Crippen LogP contribution in [0.25, 0.3) is 0 Å². The molecule has 0 unspecified atom stereocenters. The normalized spacial score (nSPS) is 10.2. The van der Waals surface area contributed by atoms with Crippen LogP contribution < -0.4 is 11.2 Å². The number of amides is 1. The summed E-state index contributed by atoms with van der Waals surface area (Å²) in [7, 11) is 0. The lowest BCUT2D eigenvalue weighted by Crippen LogP contribution is -2.25. The third kappa shape index (κ3) is 3.91. The molecule has 0 aliphatic rings. The Morgan fingerprint density at radius 1 is 1.05 bits per heavy atom. The van der Waals surface area contributed by atoms with E-state index < -0.39 is 0 Å². The highest BCUT2D eigenvalue weighted by Gasteiger charge is 2.10. The summed E-state index contributed by atoms with van der Waals surface area (Å²) >= 11 is 0. The van der Waals surface area contributed by atoms with Crippen LogP contribution in [0, 0.1) is 0 Å². The van der Waals surface area contributed by atoms with Crippen molar-refractivity contribution in [3.63, 3.8) is 0 Å². The quantitative estimate of drug-likeness (QED) is 0.790. The molecule has 1 amide bonds. The minimum absolute atomic E-state index is 0.245. The molecule has 0 atom stereocenters. The summed E-state index contributed by atoms with van der Waals surface area (Å²) in [5.41, 5.74) is 10.5. The summed E-state index contributed by atoms with van der Waals surface area (Å²) in [5.74, 6) is -0.245. The molecular weight excluding hydrogens is 252 g/mol. The van der Waals surface area contributed by atoms with Crippen molar-refractivity contribution in [2.45, 2.75) is 13.0 Å². The Labute approximate surface area is 118 Å². The Kier molecular flexibility index (Phi) is 5.29. The molecule has 20 heavy (non-hydrogen) atoms. The minimum atomic E-state index is -0.245. The average Bonchev–Trinajstić information content (AvgIpc) is 2.49. The van der Waals surface area contributed by atoms with Gasteiger partial charge in [-0.05, 0) is 30.2 Å². The maximum atomic E-state index is 12.1. The van der Waals surface area contributed by atoms with Crippen LogP contribution in [0.4, 0.5) is 0 Å². The van der Waals surface area contributed by atoms with Gasteiger partial charge in [0.05, 0.1) is 6.61 Å². The molecule has 0 aliphatic heterocycles. The third-order valence-corrected chi connectivity index (χ3v) is 2.92. The van der Waals surface area contributed by atoms with Gasteiger partial charge in [0.1, 0.15) is 0 Å². The maximum Gasteiger partial charge on any atom is 0.275 e. The maximum absolute atomic E-state index is 12.1. The molecule has 0 spiro atoms.